The van der Waals surface area contributed by atoms with Crippen molar-refractivity contribution in [3.63, 3.8) is 0 Å². The van der Waals surface area contributed by atoms with Crippen molar-refractivity contribution in [2.24, 2.45) is 0 Å². The lowest BCUT2D eigenvalue weighted by Crippen LogP contribution is -2.27. The van der Waals surface area contributed by atoms with Crippen molar-refractivity contribution in [1.29, 1.82) is 0 Å². The van der Waals surface area contributed by atoms with Gasteiger partial charge < -0.3 is 5.43 Å². The van der Waals surface area contributed by atoms with Crippen LogP contribution in [0.4, 0.5) is 5.69 Å². The maximum Gasteiger partial charge on any atom is 0.266 e. The number of rotatable bonds is 5. The fourth-order valence-electron chi connectivity index (χ4n) is 0.866. The van der Waals surface area contributed by atoms with Crippen LogP contribution in [0.15, 0.2) is 30.3 Å². The van der Waals surface area contributed by atoms with Gasteiger partial charge in [0.05, 0.1) is 5.75 Å². The lowest BCUT2D eigenvalue weighted by atomic mass is 10.3. The number of benzene rings is 1. The zero-order chi connectivity index (χ0) is 10.4. The summed E-state index contributed by atoms with van der Waals surface area (Å²) in [4.78, 5) is 0. The van der Waals surface area contributed by atoms with Gasteiger partial charge in [-0.05, 0) is 12.1 Å². The summed E-state index contributed by atoms with van der Waals surface area (Å²) in [5, 5.41) is 0. The summed E-state index contributed by atoms with van der Waals surface area (Å²) in [7, 11) is -3.88. The molecule has 0 aliphatic heterocycles. The summed E-state index contributed by atoms with van der Waals surface area (Å²) in [6.07, 6.45) is 0. The highest BCUT2D eigenvalue weighted by Crippen LogP contribution is 2.01. The molecule has 0 fully saturated rings. The van der Waals surface area contributed by atoms with Crippen LogP contribution in [0.2, 0.25) is 0 Å². The molecule has 1 aromatic rings. The van der Waals surface area contributed by atoms with Crippen LogP contribution < -0.4 is 10.9 Å². The molecule has 0 aliphatic rings. The van der Waals surface area contributed by atoms with Gasteiger partial charge in [0.1, 0.15) is 0 Å². The minimum atomic E-state index is -3.88. The highest BCUT2D eigenvalue weighted by molar-refractivity contribution is 7.85. The molecule has 0 spiro atoms. The van der Waals surface area contributed by atoms with Gasteiger partial charge in [-0.1, -0.05) is 18.2 Å². The highest BCUT2D eigenvalue weighted by Gasteiger charge is 2.02. The molecule has 1 rings (SSSR count). The van der Waals surface area contributed by atoms with Gasteiger partial charge in [-0.15, -0.1) is 0 Å². The SMILES string of the molecule is O=S(=O)(O)CCNNc1ccccc1. The van der Waals surface area contributed by atoms with Gasteiger partial charge >= 0.3 is 0 Å². The normalized spacial score (nSPS) is 11.2. The molecule has 0 saturated carbocycles. The first-order valence-electron chi connectivity index (χ1n) is 4.07. The Morgan fingerprint density at radius 1 is 1.21 bits per heavy atom. The summed E-state index contributed by atoms with van der Waals surface area (Å²) in [6.45, 7) is 0.147. The van der Waals surface area contributed by atoms with Crippen molar-refractivity contribution >= 4 is 15.8 Å². The molecule has 0 amide bonds. The number of anilines is 1. The van der Waals surface area contributed by atoms with E-state index in [9.17, 15) is 8.42 Å². The van der Waals surface area contributed by atoms with E-state index in [0.717, 1.165) is 5.69 Å². The van der Waals surface area contributed by atoms with Crippen LogP contribution in [-0.2, 0) is 10.1 Å². The fraction of sp³-hybridized carbons (Fsp3) is 0.250. The first kappa shape index (κ1) is 11.0. The molecule has 5 nitrogen and oxygen atoms in total. The molecular weight excluding hydrogens is 204 g/mol. The molecule has 0 radical (unpaired) electrons. The predicted octanol–water partition coefficient (Wildman–Crippen LogP) is 0.491. The van der Waals surface area contributed by atoms with Gasteiger partial charge in [0.25, 0.3) is 10.1 Å². The Kier molecular flexibility index (Phi) is 3.87. The standard InChI is InChI=1S/C8H12N2O3S/c11-14(12,13)7-6-9-10-8-4-2-1-3-5-8/h1-5,9-10H,6-7H2,(H,11,12,13). The van der Waals surface area contributed by atoms with Gasteiger partial charge in [-0.25, -0.2) is 5.43 Å². The van der Waals surface area contributed by atoms with Gasteiger partial charge in [0.15, 0.2) is 0 Å². The third-order valence-electron chi connectivity index (χ3n) is 1.49. The van der Waals surface area contributed by atoms with E-state index in [0.29, 0.717) is 0 Å². The molecule has 78 valence electrons. The maximum absolute atomic E-state index is 10.3. The second kappa shape index (κ2) is 4.94. The van der Waals surface area contributed by atoms with Crippen molar-refractivity contribution in [2.45, 2.75) is 0 Å². The Bertz CT molecular complexity index is 363. The largest absolute Gasteiger partial charge is 0.321 e. The summed E-state index contributed by atoms with van der Waals surface area (Å²) >= 11 is 0. The lowest BCUT2D eigenvalue weighted by Gasteiger charge is -2.06. The molecule has 3 N–H and O–H groups in total. The third-order valence-corrected chi connectivity index (χ3v) is 2.21. The van der Waals surface area contributed by atoms with Gasteiger partial charge in [0, 0.05) is 12.2 Å². The van der Waals surface area contributed by atoms with E-state index in [1.165, 1.54) is 0 Å². The van der Waals surface area contributed by atoms with Crippen molar-refractivity contribution < 1.29 is 13.0 Å². The minimum absolute atomic E-state index is 0.147. The van der Waals surface area contributed by atoms with Gasteiger partial charge in [-0.3, -0.25) is 4.55 Å². The van der Waals surface area contributed by atoms with E-state index in [1.807, 2.05) is 30.3 Å². The van der Waals surface area contributed by atoms with Crippen LogP contribution >= 0.6 is 0 Å². The van der Waals surface area contributed by atoms with Crippen LogP contribution in [0.5, 0.6) is 0 Å². The number of hydrogen-bond acceptors (Lipinski definition) is 4. The van der Waals surface area contributed by atoms with Crippen molar-refractivity contribution in [3.05, 3.63) is 30.3 Å². The lowest BCUT2D eigenvalue weighted by molar-refractivity contribution is 0.481. The first-order valence-corrected chi connectivity index (χ1v) is 5.68. The minimum Gasteiger partial charge on any atom is -0.321 e. The second-order valence-electron chi connectivity index (χ2n) is 2.70. The fourth-order valence-corrected chi connectivity index (χ4v) is 1.23. The molecule has 0 unspecified atom stereocenters. The number of para-hydroxylation sites is 1. The Hall–Kier alpha value is -1.11. The van der Waals surface area contributed by atoms with Crippen molar-refractivity contribution in [1.82, 2.24) is 5.43 Å². The smallest absolute Gasteiger partial charge is 0.266 e. The number of nitrogens with one attached hydrogen (secondary N) is 2. The van der Waals surface area contributed by atoms with Gasteiger partial charge in [-0.2, -0.15) is 8.42 Å². The quantitative estimate of drug-likeness (QED) is 0.379. The van der Waals surface area contributed by atoms with E-state index in [4.69, 9.17) is 4.55 Å². The average molecular weight is 216 g/mol. The van der Waals surface area contributed by atoms with Crippen molar-refractivity contribution in [3.8, 4) is 0 Å². The zero-order valence-corrected chi connectivity index (χ0v) is 8.29. The van der Waals surface area contributed by atoms with E-state index < -0.39 is 10.1 Å². The molecule has 0 aromatic heterocycles. The summed E-state index contributed by atoms with van der Waals surface area (Å²) < 4.78 is 29.1. The number of hydrazine groups is 1. The van der Waals surface area contributed by atoms with E-state index in [2.05, 4.69) is 10.9 Å². The highest BCUT2D eigenvalue weighted by atomic mass is 32.2. The van der Waals surface area contributed by atoms with Crippen LogP contribution in [0.25, 0.3) is 0 Å². The summed E-state index contributed by atoms with van der Waals surface area (Å²) in [6, 6.07) is 9.25. The zero-order valence-electron chi connectivity index (χ0n) is 7.47. The molecule has 6 heteroatoms. The van der Waals surface area contributed by atoms with Crippen LogP contribution in [0.1, 0.15) is 0 Å². The van der Waals surface area contributed by atoms with E-state index >= 15 is 0 Å². The van der Waals surface area contributed by atoms with Crippen LogP contribution in [0, 0.1) is 0 Å². The van der Waals surface area contributed by atoms with Crippen LogP contribution in [0.3, 0.4) is 0 Å². The average Bonchev–Trinajstić information content (AvgIpc) is 2.13. The van der Waals surface area contributed by atoms with Gasteiger partial charge in [0.2, 0.25) is 0 Å². The number of hydrogen-bond donors (Lipinski definition) is 3. The Balaban J connectivity index is 2.23. The molecule has 14 heavy (non-hydrogen) atoms. The molecule has 0 heterocycles. The van der Waals surface area contributed by atoms with Crippen LogP contribution in [-0.4, -0.2) is 25.3 Å². The Labute approximate surface area is 82.9 Å². The topological polar surface area (TPSA) is 78.4 Å². The third kappa shape index (κ3) is 4.80. The molecule has 0 aliphatic carbocycles. The van der Waals surface area contributed by atoms with Crippen molar-refractivity contribution in [2.75, 3.05) is 17.7 Å². The molecule has 1 aromatic carbocycles. The van der Waals surface area contributed by atoms with E-state index in [-0.39, 0.29) is 12.3 Å². The molecule has 0 bridgehead atoms. The Morgan fingerprint density at radius 3 is 2.43 bits per heavy atom. The summed E-state index contributed by atoms with van der Waals surface area (Å²) in [5.41, 5.74) is 6.30. The molecule has 0 atom stereocenters. The Morgan fingerprint density at radius 2 is 1.86 bits per heavy atom. The monoisotopic (exact) mass is 216 g/mol. The molecular formula is C8H12N2O3S. The second-order valence-corrected chi connectivity index (χ2v) is 4.28. The predicted molar refractivity (Wildman–Crippen MR) is 54.5 cm³/mol. The first-order chi connectivity index (χ1) is 6.58. The maximum atomic E-state index is 10.3. The summed E-state index contributed by atoms with van der Waals surface area (Å²) in [5.74, 6) is -0.313. The molecule has 0 saturated heterocycles. The van der Waals surface area contributed by atoms with E-state index in [1.54, 1.807) is 0 Å².